The number of methoxy groups -OCH3 is 1. The first kappa shape index (κ1) is 12.9. The van der Waals surface area contributed by atoms with Crippen molar-refractivity contribution in [1.29, 1.82) is 0 Å². The predicted molar refractivity (Wildman–Crippen MR) is 75.3 cm³/mol. The molecule has 2 nitrogen and oxygen atoms in total. The van der Waals surface area contributed by atoms with E-state index >= 15 is 0 Å². The highest BCUT2D eigenvalue weighted by Gasteiger charge is 1.99. The van der Waals surface area contributed by atoms with Crippen molar-refractivity contribution in [2.45, 2.75) is 19.8 Å². The Morgan fingerprint density at radius 1 is 1.00 bits per heavy atom. The predicted octanol–water partition coefficient (Wildman–Crippen LogP) is 3.82. The molecule has 2 heteroatoms. The number of fused-ring (bicyclic) bond motifs is 1. The maximum Gasteiger partial charge on any atom is 0.119 e. The van der Waals surface area contributed by atoms with Crippen LogP contribution in [0.3, 0.4) is 0 Å². The highest BCUT2D eigenvalue weighted by Crippen LogP contribution is 2.22. The summed E-state index contributed by atoms with van der Waals surface area (Å²) in [6, 6.07) is 12.9. The van der Waals surface area contributed by atoms with Crippen molar-refractivity contribution < 1.29 is 9.47 Å². The lowest BCUT2D eigenvalue weighted by molar-refractivity contribution is 0.195. The normalized spacial score (nSPS) is 10.8. The SMILES string of the molecule is CCOc1ccc2cc(CCCOC)ccc2c1. The molecule has 0 saturated carbocycles. The van der Waals surface area contributed by atoms with Crippen LogP contribution in [0, 0.1) is 0 Å². The molecule has 0 aliphatic rings. The van der Waals surface area contributed by atoms with Crippen molar-refractivity contribution in [3.8, 4) is 5.75 Å². The monoisotopic (exact) mass is 244 g/mol. The van der Waals surface area contributed by atoms with Gasteiger partial charge in [0.05, 0.1) is 6.61 Å². The van der Waals surface area contributed by atoms with Crippen molar-refractivity contribution in [3.05, 3.63) is 42.0 Å². The molecule has 2 rings (SSSR count). The lowest BCUT2D eigenvalue weighted by atomic mass is 10.0. The second-order valence-corrected chi connectivity index (χ2v) is 4.37. The summed E-state index contributed by atoms with van der Waals surface area (Å²) in [5.41, 5.74) is 1.36. The second kappa shape index (κ2) is 6.41. The van der Waals surface area contributed by atoms with Gasteiger partial charge in [-0.15, -0.1) is 0 Å². The minimum absolute atomic E-state index is 0.709. The molecule has 0 atom stereocenters. The summed E-state index contributed by atoms with van der Waals surface area (Å²) in [6.07, 6.45) is 2.13. The van der Waals surface area contributed by atoms with Crippen LogP contribution in [0.4, 0.5) is 0 Å². The highest BCUT2D eigenvalue weighted by atomic mass is 16.5. The van der Waals surface area contributed by atoms with E-state index in [-0.39, 0.29) is 0 Å². The number of hydrogen-bond donors (Lipinski definition) is 0. The van der Waals surface area contributed by atoms with Crippen LogP contribution >= 0.6 is 0 Å². The van der Waals surface area contributed by atoms with Crippen molar-refractivity contribution in [2.24, 2.45) is 0 Å². The minimum atomic E-state index is 0.709. The lowest BCUT2D eigenvalue weighted by Gasteiger charge is -2.07. The topological polar surface area (TPSA) is 18.5 Å². The van der Waals surface area contributed by atoms with Crippen LogP contribution in [0.2, 0.25) is 0 Å². The van der Waals surface area contributed by atoms with Gasteiger partial charge in [-0.05, 0) is 48.2 Å². The molecule has 0 spiro atoms. The smallest absolute Gasteiger partial charge is 0.119 e. The van der Waals surface area contributed by atoms with Gasteiger partial charge in [-0.1, -0.05) is 24.3 Å². The van der Waals surface area contributed by atoms with Gasteiger partial charge >= 0.3 is 0 Å². The summed E-state index contributed by atoms with van der Waals surface area (Å²) in [5.74, 6) is 0.942. The van der Waals surface area contributed by atoms with Gasteiger partial charge in [0.1, 0.15) is 5.75 Å². The molecule has 0 amide bonds. The van der Waals surface area contributed by atoms with Crippen LogP contribution in [0.1, 0.15) is 18.9 Å². The average Bonchev–Trinajstić information content (AvgIpc) is 2.39. The first-order valence-electron chi connectivity index (χ1n) is 6.48. The Morgan fingerprint density at radius 3 is 2.56 bits per heavy atom. The van der Waals surface area contributed by atoms with E-state index in [2.05, 4.69) is 30.3 Å². The molecule has 0 unspecified atom stereocenters. The summed E-state index contributed by atoms with van der Waals surface area (Å²) in [7, 11) is 1.75. The Balaban J connectivity index is 2.16. The molecule has 0 aliphatic carbocycles. The molecule has 96 valence electrons. The van der Waals surface area contributed by atoms with Gasteiger partial charge in [0, 0.05) is 13.7 Å². The fourth-order valence-corrected chi connectivity index (χ4v) is 2.11. The molecule has 0 saturated heterocycles. The standard InChI is InChI=1S/C16H20O2/c1-3-18-16-9-8-14-11-13(5-4-10-17-2)6-7-15(14)12-16/h6-9,11-12H,3-5,10H2,1-2H3. The fraction of sp³-hybridized carbons (Fsp3) is 0.375. The van der Waals surface area contributed by atoms with Gasteiger partial charge in [-0.2, -0.15) is 0 Å². The van der Waals surface area contributed by atoms with E-state index in [9.17, 15) is 0 Å². The maximum atomic E-state index is 5.51. The minimum Gasteiger partial charge on any atom is -0.494 e. The third kappa shape index (κ3) is 3.23. The van der Waals surface area contributed by atoms with Crippen LogP contribution < -0.4 is 4.74 Å². The number of benzene rings is 2. The summed E-state index contributed by atoms with van der Waals surface area (Å²) < 4.78 is 10.6. The van der Waals surface area contributed by atoms with Gasteiger partial charge in [0.2, 0.25) is 0 Å². The van der Waals surface area contributed by atoms with Crippen molar-refractivity contribution in [1.82, 2.24) is 0 Å². The zero-order chi connectivity index (χ0) is 12.8. The van der Waals surface area contributed by atoms with Gasteiger partial charge in [-0.3, -0.25) is 0 Å². The van der Waals surface area contributed by atoms with Crippen LogP contribution in [-0.2, 0) is 11.2 Å². The number of aryl methyl sites for hydroxylation is 1. The molecule has 18 heavy (non-hydrogen) atoms. The van der Waals surface area contributed by atoms with Gasteiger partial charge in [0.25, 0.3) is 0 Å². The van der Waals surface area contributed by atoms with E-state index in [1.54, 1.807) is 7.11 Å². The third-order valence-corrected chi connectivity index (χ3v) is 3.00. The number of rotatable bonds is 6. The Morgan fingerprint density at radius 2 is 1.78 bits per heavy atom. The molecular weight excluding hydrogens is 224 g/mol. The summed E-state index contributed by atoms with van der Waals surface area (Å²) in [4.78, 5) is 0. The molecule has 0 radical (unpaired) electrons. The third-order valence-electron chi connectivity index (χ3n) is 3.00. The van der Waals surface area contributed by atoms with E-state index in [1.165, 1.54) is 16.3 Å². The quantitative estimate of drug-likeness (QED) is 0.719. The van der Waals surface area contributed by atoms with Crippen LogP contribution in [0.15, 0.2) is 36.4 Å². The Labute approximate surface area is 109 Å². The van der Waals surface area contributed by atoms with Crippen molar-refractivity contribution in [3.63, 3.8) is 0 Å². The van der Waals surface area contributed by atoms with Gasteiger partial charge < -0.3 is 9.47 Å². The molecule has 0 fully saturated rings. The van der Waals surface area contributed by atoms with Crippen LogP contribution in [-0.4, -0.2) is 20.3 Å². The molecule has 0 aliphatic heterocycles. The van der Waals surface area contributed by atoms with E-state index in [4.69, 9.17) is 9.47 Å². The number of ether oxygens (including phenoxy) is 2. The Kier molecular flexibility index (Phi) is 4.59. The van der Waals surface area contributed by atoms with E-state index < -0.39 is 0 Å². The number of hydrogen-bond acceptors (Lipinski definition) is 2. The van der Waals surface area contributed by atoms with E-state index in [1.807, 2.05) is 13.0 Å². The van der Waals surface area contributed by atoms with Crippen molar-refractivity contribution in [2.75, 3.05) is 20.3 Å². The Hall–Kier alpha value is -1.54. The second-order valence-electron chi connectivity index (χ2n) is 4.37. The molecule has 2 aromatic rings. The first-order chi connectivity index (χ1) is 8.83. The van der Waals surface area contributed by atoms with E-state index in [0.29, 0.717) is 6.61 Å². The average molecular weight is 244 g/mol. The summed E-state index contributed by atoms with van der Waals surface area (Å²) >= 11 is 0. The largest absolute Gasteiger partial charge is 0.494 e. The van der Waals surface area contributed by atoms with Crippen molar-refractivity contribution >= 4 is 10.8 Å². The highest BCUT2D eigenvalue weighted by molar-refractivity contribution is 5.84. The van der Waals surface area contributed by atoms with Crippen LogP contribution in [0.5, 0.6) is 5.75 Å². The summed E-state index contributed by atoms with van der Waals surface area (Å²) in [5, 5.41) is 2.50. The molecule has 0 aromatic heterocycles. The fourth-order valence-electron chi connectivity index (χ4n) is 2.11. The summed E-state index contributed by atoms with van der Waals surface area (Å²) in [6.45, 7) is 3.53. The first-order valence-corrected chi connectivity index (χ1v) is 6.48. The molecule has 0 bridgehead atoms. The maximum absolute atomic E-state index is 5.51. The molecule has 0 N–H and O–H groups in total. The lowest BCUT2D eigenvalue weighted by Crippen LogP contribution is -1.93. The van der Waals surface area contributed by atoms with Gasteiger partial charge in [0.15, 0.2) is 0 Å². The zero-order valence-electron chi connectivity index (χ0n) is 11.1. The van der Waals surface area contributed by atoms with E-state index in [0.717, 1.165) is 25.2 Å². The molecule has 2 aromatic carbocycles. The molecular formula is C16H20O2. The Bertz CT molecular complexity index is 505. The zero-order valence-corrected chi connectivity index (χ0v) is 11.1. The van der Waals surface area contributed by atoms with Crippen LogP contribution in [0.25, 0.3) is 10.8 Å². The molecule has 0 heterocycles. The van der Waals surface area contributed by atoms with Gasteiger partial charge in [-0.25, -0.2) is 0 Å².